The summed E-state index contributed by atoms with van der Waals surface area (Å²) in [6, 6.07) is 3.57. The Morgan fingerprint density at radius 1 is 1.26 bits per heavy atom. The van der Waals surface area contributed by atoms with Crippen LogP contribution >= 0.6 is 11.6 Å². The zero-order valence-corrected chi connectivity index (χ0v) is 11.2. The Labute approximate surface area is 115 Å². The first-order valence-corrected chi connectivity index (χ1v) is 5.91. The number of nitrogen functional groups attached to an aromatic ring is 1. The summed E-state index contributed by atoms with van der Waals surface area (Å²) >= 11 is 6.10. The Kier molecular flexibility index (Phi) is 3.66. The summed E-state index contributed by atoms with van der Waals surface area (Å²) in [6.45, 7) is 3.89. The fraction of sp³-hybridized carbons (Fsp3) is 0.154. The van der Waals surface area contributed by atoms with Gasteiger partial charge >= 0.3 is 0 Å². The van der Waals surface area contributed by atoms with Crippen molar-refractivity contribution in [1.29, 1.82) is 0 Å². The summed E-state index contributed by atoms with van der Waals surface area (Å²) in [5.74, 6) is 0.582. The number of rotatable bonds is 3. The SMILES string of the molecule is Cc1cc(Cl)c(Oc2ncnc(N)c2C=O)cc1C. The predicted molar refractivity (Wildman–Crippen MR) is 72.8 cm³/mol. The lowest BCUT2D eigenvalue weighted by molar-refractivity contribution is 0.112. The van der Waals surface area contributed by atoms with Crippen molar-refractivity contribution in [2.45, 2.75) is 13.8 Å². The fourth-order valence-electron chi connectivity index (χ4n) is 1.52. The Hall–Kier alpha value is -2.14. The highest BCUT2D eigenvalue weighted by molar-refractivity contribution is 6.32. The van der Waals surface area contributed by atoms with Crippen LogP contribution in [0.15, 0.2) is 18.5 Å². The summed E-state index contributed by atoms with van der Waals surface area (Å²) in [4.78, 5) is 18.6. The summed E-state index contributed by atoms with van der Waals surface area (Å²) in [6.07, 6.45) is 1.78. The molecule has 0 aliphatic carbocycles. The average molecular weight is 278 g/mol. The van der Waals surface area contributed by atoms with Gasteiger partial charge in [0.1, 0.15) is 23.5 Å². The van der Waals surface area contributed by atoms with Gasteiger partial charge in [-0.25, -0.2) is 9.97 Å². The van der Waals surface area contributed by atoms with Crippen molar-refractivity contribution < 1.29 is 9.53 Å². The maximum Gasteiger partial charge on any atom is 0.235 e. The van der Waals surface area contributed by atoms with E-state index in [0.717, 1.165) is 11.1 Å². The number of hydrogen-bond donors (Lipinski definition) is 1. The normalized spacial score (nSPS) is 10.3. The molecule has 19 heavy (non-hydrogen) atoms. The van der Waals surface area contributed by atoms with E-state index in [4.69, 9.17) is 22.1 Å². The number of hydrogen-bond acceptors (Lipinski definition) is 5. The van der Waals surface area contributed by atoms with E-state index in [2.05, 4.69) is 9.97 Å². The van der Waals surface area contributed by atoms with Crippen LogP contribution in [0.5, 0.6) is 11.6 Å². The molecule has 0 radical (unpaired) electrons. The monoisotopic (exact) mass is 277 g/mol. The zero-order chi connectivity index (χ0) is 14.0. The van der Waals surface area contributed by atoms with Gasteiger partial charge in [-0.3, -0.25) is 4.79 Å². The number of ether oxygens (including phenoxy) is 1. The molecule has 2 rings (SSSR count). The molecule has 0 amide bonds. The molecule has 0 unspecified atom stereocenters. The van der Waals surface area contributed by atoms with Crippen LogP contribution in [-0.2, 0) is 0 Å². The Bertz CT molecular complexity index is 644. The van der Waals surface area contributed by atoms with Crippen LogP contribution in [0.25, 0.3) is 0 Å². The van der Waals surface area contributed by atoms with Crippen molar-refractivity contribution in [3.63, 3.8) is 0 Å². The molecule has 1 aromatic heterocycles. The summed E-state index contributed by atoms with van der Waals surface area (Å²) < 4.78 is 5.55. The number of nitrogens with zero attached hydrogens (tertiary/aromatic N) is 2. The van der Waals surface area contributed by atoms with Gasteiger partial charge in [0.15, 0.2) is 6.29 Å². The van der Waals surface area contributed by atoms with Gasteiger partial charge in [-0.1, -0.05) is 11.6 Å². The summed E-state index contributed by atoms with van der Waals surface area (Å²) in [7, 11) is 0. The smallest absolute Gasteiger partial charge is 0.235 e. The van der Waals surface area contributed by atoms with Gasteiger partial charge in [0.05, 0.1) is 5.02 Å². The molecule has 1 aromatic carbocycles. The van der Waals surface area contributed by atoms with Crippen LogP contribution in [0.3, 0.4) is 0 Å². The van der Waals surface area contributed by atoms with E-state index in [1.54, 1.807) is 12.1 Å². The molecule has 98 valence electrons. The second kappa shape index (κ2) is 5.24. The second-order valence-electron chi connectivity index (χ2n) is 4.06. The van der Waals surface area contributed by atoms with Crippen molar-refractivity contribution in [3.05, 3.63) is 40.2 Å². The van der Waals surface area contributed by atoms with Crippen molar-refractivity contribution in [3.8, 4) is 11.6 Å². The molecule has 0 bridgehead atoms. The number of aromatic nitrogens is 2. The van der Waals surface area contributed by atoms with Crippen molar-refractivity contribution in [2.75, 3.05) is 5.73 Å². The van der Waals surface area contributed by atoms with E-state index in [9.17, 15) is 4.79 Å². The van der Waals surface area contributed by atoms with Crippen LogP contribution in [0.2, 0.25) is 5.02 Å². The molecule has 0 aliphatic rings. The molecule has 0 saturated carbocycles. The Balaban J connectivity index is 2.45. The zero-order valence-electron chi connectivity index (χ0n) is 10.5. The van der Waals surface area contributed by atoms with Gasteiger partial charge in [-0.15, -0.1) is 0 Å². The Morgan fingerprint density at radius 3 is 2.63 bits per heavy atom. The molecule has 1 heterocycles. The second-order valence-corrected chi connectivity index (χ2v) is 4.47. The molecule has 0 atom stereocenters. The molecule has 0 saturated heterocycles. The molecule has 5 nitrogen and oxygen atoms in total. The quantitative estimate of drug-likeness (QED) is 0.873. The highest BCUT2D eigenvalue weighted by atomic mass is 35.5. The van der Waals surface area contributed by atoms with Crippen LogP contribution in [-0.4, -0.2) is 16.3 Å². The van der Waals surface area contributed by atoms with Crippen LogP contribution in [0, 0.1) is 13.8 Å². The molecule has 0 aliphatic heterocycles. The highest BCUT2D eigenvalue weighted by Gasteiger charge is 2.13. The van der Waals surface area contributed by atoms with Crippen molar-refractivity contribution in [2.24, 2.45) is 0 Å². The number of anilines is 1. The molecule has 0 spiro atoms. The number of aryl methyl sites for hydroxylation is 2. The first-order chi connectivity index (χ1) is 9.02. The van der Waals surface area contributed by atoms with Gasteiger partial charge in [0.25, 0.3) is 0 Å². The standard InChI is InChI=1S/C13H12ClN3O2/c1-7-3-10(14)11(4-8(7)2)19-13-9(5-18)12(15)16-6-17-13/h3-6H,1-2H3,(H2,15,16,17). The molecular formula is C13H12ClN3O2. The molecule has 2 aromatic rings. The number of carbonyl (C=O) groups excluding carboxylic acids is 1. The number of benzene rings is 1. The van der Waals surface area contributed by atoms with Crippen molar-refractivity contribution in [1.82, 2.24) is 9.97 Å². The number of halogens is 1. The largest absolute Gasteiger partial charge is 0.436 e. The minimum Gasteiger partial charge on any atom is -0.436 e. The third-order valence-electron chi connectivity index (χ3n) is 2.75. The van der Waals surface area contributed by atoms with E-state index in [1.165, 1.54) is 6.33 Å². The van der Waals surface area contributed by atoms with E-state index >= 15 is 0 Å². The lowest BCUT2D eigenvalue weighted by Gasteiger charge is -2.11. The van der Waals surface area contributed by atoms with Gasteiger partial charge in [-0.2, -0.15) is 0 Å². The fourth-order valence-corrected chi connectivity index (χ4v) is 1.78. The number of carbonyl (C=O) groups is 1. The topological polar surface area (TPSA) is 78.1 Å². The van der Waals surface area contributed by atoms with E-state index < -0.39 is 0 Å². The van der Waals surface area contributed by atoms with Gasteiger partial charge in [-0.05, 0) is 37.1 Å². The summed E-state index contributed by atoms with van der Waals surface area (Å²) in [5, 5.41) is 0.442. The van der Waals surface area contributed by atoms with E-state index in [0.29, 0.717) is 17.1 Å². The molecule has 0 fully saturated rings. The van der Waals surface area contributed by atoms with Gasteiger partial charge < -0.3 is 10.5 Å². The van der Waals surface area contributed by atoms with Gasteiger partial charge in [0, 0.05) is 0 Å². The third kappa shape index (κ3) is 2.66. The Morgan fingerprint density at radius 2 is 1.95 bits per heavy atom. The van der Waals surface area contributed by atoms with Crippen molar-refractivity contribution >= 4 is 23.7 Å². The molecular weight excluding hydrogens is 266 g/mol. The van der Waals surface area contributed by atoms with E-state index in [-0.39, 0.29) is 17.3 Å². The minimum atomic E-state index is 0.0694. The maximum absolute atomic E-state index is 11.0. The minimum absolute atomic E-state index is 0.0694. The maximum atomic E-state index is 11.0. The summed E-state index contributed by atoms with van der Waals surface area (Å²) in [5.41, 5.74) is 7.76. The lowest BCUT2D eigenvalue weighted by atomic mass is 10.1. The first kappa shape index (κ1) is 13.3. The van der Waals surface area contributed by atoms with Crippen LogP contribution in [0.1, 0.15) is 21.5 Å². The molecule has 6 heteroatoms. The highest BCUT2D eigenvalue weighted by Crippen LogP contribution is 2.32. The number of aldehydes is 1. The lowest BCUT2D eigenvalue weighted by Crippen LogP contribution is -2.02. The van der Waals surface area contributed by atoms with Gasteiger partial charge in [0.2, 0.25) is 5.88 Å². The average Bonchev–Trinajstić information content (AvgIpc) is 2.36. The predicted octanol–water partition coefficient (Wildman–Crippen LogP) is 2.93. The third-order valence-corrected chi connectivity index (χ3v) is 3.05. The molecule has 2 N–H and O–H groups in total. The van der Waals surface area contributed by atoms with E-state index in [1.807, 2.05) is 13.8 Å². The first-order valence-electron chi connectivity index (χ1n) is 5.53. The van der Waals surface area contributed by atoms with Crippen LogP contribution < -0.4 is 10.5 Å². The number of nitrogens with two attached hydrogens (primary N) is 1. The van der Waals surface area contributed by atoms with Crippen LogP contribution in [0.4, 0.5) is 5.82 Å².